The molecule has 0 atom stereocenters. The van der Waals surface area contributed by atoms with Gasteiger partial charge in [0.25, 0.3) is 0 Å². The van der Waals surface area contributed by atoms with E-state index in [0.29, 0.717) is 0 Å². The lowest BCUT2D eigenvalue weighted by Crippen LogP contribution is -2.27. The lowest BCUT2D eigenvalue weighted by atomic mass is 9.86. The fourth-order valence-corrected chi connectivity index (χ4v) is 2.76. The SMILES string of the molecule is CCCCCC=C=CC(OC)(c1ccccc1)c1ccccc1. The average molecular weight is 306 g/mol. The predicted molar refractivity (Wildman–Crippen MR) is 97.5 cm³/mol. The van der Waals surface area contributed by atoms with Crippen molar-refractivity contribution in [2.75, 3.05) is 7.11 Å². The van der Waals surface area contributed by atoms with Crippen LogP contribution in [0.5, 0.6) is 0 Å². The van der Waals surface area contributed by atoms with Crippen LogP contribution in [-0.4, -0.2) is 7.11 Å². The summed E-state index contributed by atoms with van der Waals surface area (Å²) in [5.74, 6) is 0. The fourth-order valence-electron chi connectivity index (χ4n) is 2.76. The lowest BCUT2D eigenvalue weighted by Gasteiger charge is -2.29. The molecular weight excluding hydrogens is 280 g/mol. The van der Waals surface area contributed by atoms with Crippen LogP contribution in [0, 0.1) is 0 Å². The van der Waals surface area contributed by atoms with E-state index in [9.17, 15) is 0 Å². The Kier molecular flexibility index (Phi) is 6.87. The number of hydrogen-bond donors (Lipinski definition) is 0. The smallest absolute Gasteiger partial charge is 0.143 e. The fraction of sp³-hybridized carbons (Fsp3) is 0.318. The molecule has 23 heavy (non-hydrogen) atoms. The Hall–Kier alpha value is -2.08. The van der Waals surface area contributed by atoms with Crippen LogP contribution in [0.25, 0.3) is 0 Å². The van der Waals surface area contributed by atoms with Crippen molar-refractivity contribution in [3.8, 4) is 0 Å². The first-order valence-corrected chi connectivity index (χ1v) is 8.42. The van der Waals surface area contributed by atoms with Gasteiger partial charge in [-0.15, -0.1) is 5.73 Å². The minimum atomic E-state index is -0.593. The van der Waals surface area contributed by atoms with E-state index in [1.54, 1.807) is 7.11 Å². The number of benzene rings is 2. The van der Waals surface area contributed by atoms with Crippen LogP contribution in [0.4, 0.5) is 0 Å². The molecule has 0 heterocycles. The molecule has 0 aliphatic heterocycles. The molecule has 0 aliphatic rings. The quantitative estimate of drug-likeness (QED) is 0.438. The Morgan fingerprint density at radius 1 is 0.913 bits per heavy atom. The van der Waals surface area contributed by atoms with Crippen molar-refractivity contribution >= 4 is 0 Å². The van der Waals surface area contributed by atoms with Crippen molar-refractivity contribution in [1.29, 1.82) is 0 Å². The summed E-state index contributed by atoms with van der Waals surface area (Å²) in [7, 11) is 1.76. The Labute approximate surface area is 140 Å². The molecule has 120 valence electrons. The maximum absolute atomic E-state index is 6.00. The highest BCUT2D eigenvalue weighted by Crippen LogP contribution is 2.34. The van der Waals surface area contributed by atoms with Crippen LogP contribution >= 0.6 is 0 Å². The van der Waals surface area contributed by atoms with Gasteiger partial charge in [-0.25, -0.2) is 0 Å². The topological polar surface area (TPSA) is 9.23 Å². The monoisotopic (exact) mass is 306 g/mol. The molecule has 2 aromatic carbocycles. The van der Waals surface area contributed by atoms with Gasteiger partial charge in [0, 0.05) is 7.11 Å². The van der Waals surface area contributed by atoms with Gasteiger partial charge in [0.2, 0.25) is 0 Å². The molecule has 2 rings (SSSR count). The van der Waals surface area contributed by atoms with E-state index in [-0.39, 0.29) is 0 Å². The van der Waals surface area contributed by atoms with E-state index in [2.05, 4.69) is 43.0 Å². The second-order valence-electron chi connectivity index (χ2n) is 5.68. The Balaban J connectivity index is 2.37. The molecule has 0 aliphatic carbocycles. The highest BCUT2D eigenvalue weighted by atomic mass is 16.5. The van der Waals surface area contributed by atoms with Gasteiger partial charge in [-0.3, -0.25) is 0 Å². The number of rotatable bonds is 8. The molecule has 2 aromatic rings. The first kappa shape index (κ1) is 17.3. The molecule has 0 unspecified atom stereocenters. The average Bonchev–Trinajstić information content (AvgIpc) is 2.63. The Bertz CT molecular complexity index is 582. The van der Waals surface area contributed by atoms with Crippen molar-refractivity contribution in [2.45, 2.75) is 38.2 Å². The molecule has 1 heteroatoms. The second-order valence-corrected chi connectivity index (χ2v) is 5.68. The number of ether oxygens (including phenoxy) is 1. The Morgan fingerprint density at radius 2 is 1.48 bits per heavy atom. The van der Waals surface area contributed by atoms with E-state index in [4.69, 9.17) is 4.74 Å². The molecule has 0 saturated carbocycles. The zero-order chi connectivity index (χ0) is 16.4. The van der Waals surface area contributed by atoms with Gasteiger partial charge >= 0.3 is 0 Å². The van der Waals surface area contributed by atoms with Crippen LogP contribution < -0.4 is 0 Å². The van der Waals surface area contributed by atoms with Gasteiger partial charge in [-0.05, 0) is 36.1 Å². The van der Waals surface area contributed by atoms with Crippen molar-refractivity contribution in [3.63, 3.8) is 0 Å². The van der Waals surface area contributed by atoms with Crippen LogP contribution in [-0.2, 0) is 10.3 Å². The summed E-state index contributed by atoms with van der Waals surface area (Å²) in [5.41, 5.74) is 4.99. The van der Waals surface area contributed by atoms with Gasteiger partial charge in [0.15, 0.2) is 0 Å². The molecule has 0 fully saturated rings. The van der Waals surface area contributed by atoms with Gasteiger partial charge < -0.3 is 4.74 Å². The van der Waals surface area contributed by atoms with Gasteiger partial charge in [-0.1, -0.05) is 80.4 Å². The lowest BCUT2D eigenvalue weighted by molar-refractivity contribution is 0.0656. The first-order chi connectivity index (χ1) is 11.3. The first-order valence-electron chi connectivity index (χ1n) is 8.42. The summed E-state index contributed by atoms with van der Waals surface area (Å²) in [4.78, 5) is 0. The molecule has 0 aromatic heterocycles. The Morgan fingerprint density at radius 3 is 1.96 bits per heavy atom. The van der Waals surface area contributed by atoms with Gasteiger partial charge in [0.1, 0.15) is 5.60 Å². The summed E-state index contributed by atoms with van der Waals surface area (Å²) >= 11 is 0. The minimum Gasteiger partial charge on any atom is -0.364 e. The van der Waals surface area contributed by atoms with E-state index >= 15 is 0 Å². The zero-order valence-electron chi connectivity index (χ0n) is 14.2. The molecule has 0 amide bonds. The zero-order valence-corrected chi connectivity index (χ0v) is 14.2. The standard InChI is InChI=1S/C22H26O/c1-3-4-5-6-7-14-19-22(23-2,20-15-10-8-11-16-20)21-17-12-9-13-18-21/h7-13,15-19H,3-6H2,1-2H3. The third-order valence-electron chi connectivity index (χ3n) is 4.08. The summed E-state index contributed by atoms with van der Waals surface area (Å²) in [5, 5.41) is 0. The summed E-state index contributed by atoms with van der Waals surface area (Å²) < 4.78 is 6.00. The number of hydrogen-bond acceptors (Lipinski definition) is 1. The van der Waals surface area contributed by atoms with Crippen molar-refractivity contribution < 1.29 is 4.74 Å². The van der Waals surface area contributed by atoms with Crippen molar-refractivity contribution in [3.05, 3.63) is 89.7 Å². The van der Waals surface area contributed by atoms with E-state index in [0.717, 1.165) is 17.5 Å². The van der Waals surface area contributed by atoms with Crippen molar-refractivity contribution in [1.82, 2.24) is 0 Å². The molecule has 0 bridgehead atoms. The maximum Gasteiger partial charge on any atom is 0.143 e. The molecule has 0 N–H and O–H groups in total. The number of methoxy groups -OCH3 is 1. The largest absolute Gasteiger partial charge is 0.364 e. The van der Waals surface area contributed by atoms with Crippen LogP contribution in [0.2, 0.25) is 0 Å². The van der Waals surface area contributed by atoms with E-state index in [1.165, 1.54) is 19.3 Å². The van der Waals surface area contributed by atoms with E-state index in [1.807, 2.05) is 42.5 Å². The molecule has 0 spiro atoms. The summed E-state index contributed by atoms with van der Waals surface area (Å²) in [6, 6.07) is 20.7. The molecule has 1 nitrogen and oxygen atoms in total. The third-order valence-corrected chi connectivity index (χ3v) is 4.08. The van der Waals surface area contributed by atoms with Gasteiger partial charge in [0.05, 0.1) is 0 Å². The highest BCUT2D eigenvalue weighted by Gasteiger charge is 2.31. The number of unbranched alkanes of at least 4 members (excludes halogenated alkanes) is 3. The molecule has 0 radical (unpaired) electrons. The molecular formula is C22H26O. The minimum absolute atomic E-state index is 0.593. The van der Waals surface area contributed by atoms with Gasteiger partial charge in [-0.2, -0.15) is 0 Å². The second kappa shape index (κ2) is 9.15. The normalized spacial score (nSPS) is 10.9. The maximum atomic E-state index is 6.00. The van der Waals surface area contributed by atoms with Crippen molar-refractivity contribution in [2.24, 2.45) is 0 Å². The summed E-state index contributed by atoms with van der Waals surface area (Å²) in [6.45, 7) is 2.22. The summed E-state index contributed by atoms with van der Waals surface area (Å²) in [6.07, 6.45) is 8.96. The highest BCUT2D eigenvalue weighted by molar-refractivity contribution is 5.41. The third kappa shape index (κ3) is 4.45. The predicted octanol–water partition coefficient (Wildman–Crippen LogP) is 5.87. The van der Waals surface area contributed by atoms with E-state index < -0.39 is 5.60 Å². The van der Waals surface area contributed by atoms with Crippen LogP contribution in [0.15, 0.2) is 78.5 Å². The van der Waals surface area contributed by atoms with Crippen LogP contribution in [0.3, 0.4) is 0 Å². The van der Waals surface area contributed by atoms with Crippen LogP contribution in [0.1, 0.15) is 43.7 Å². The molecule has 0 saturated heterocycles.